The second kappa shape index (κ2) is 10.6. The monoisotopic (exact) mass is 494 g/mol. The highest BCUT2D eigenvalue weighted by Gasteiger charge is 2.23. The molecule has 0 spiro atoms. The van der Waals surface area contributed by atoms with Gasteiger partial charge in [0.1, 0.15) is 11.5 Å². The lowest BCUT2D eigenvalue weighted by Crippen LogP contribution is -2.23. The standard InChI is InChI=1S/C25H23ClN4O3S/c1-16(24(31)27-21-9-4-5-10-22(21)33-3)34-25-29-28-23(17-7-6-8-20(15-17)32-2)30(25)19-13-11-18(26)12-14-19/h4-16H,1-3H3,(H,27,31). The third-order valence-corrected chi connectivity index (χ3v) is 6.36. The fourth-order valence-electron chi connectivity index (χ4n) is 3.31. The van der Waals surface area contributed by atoms with Gasteiger partial charge in [-0.15, -0.1) is 10.2 Å². The number of carbonyl (C=O) groups excluding carboxylic acids is 1. The SMILES string of the molecule is COc1cccc(-c2nnc(SC(C)C(=O)Nc3ccccc3OC)n2-c2ccc(Cl)cc2)c1. The van der Waals surface area contributed by atoms with Gasteiger partial charge in [0.2, 0.25) is 5.91 Å². The van der Waals surface area contributed by atoms with Crippen molar-refractivity contribution in [2.75, 3.05) is 19.5 Å². The van der Waals surface area contributed by atoms with Gasteiger partial charge in [-0.2, -0.15) is 0 Å². The molecule has 1 amide bonds. The molecule has 0 aliphatic carbocycles. The summed E-state index contributed by atoms with van der Waals surface area (Å²) in [5.41, 5.74) is 2.27. The van der Waals surface area contributed by atoms with Crippen LogP contribution in [0.2, 0.25) is 5.02 Å². The minimum atomic E-state index is -0.460. The van der Waals surface area contributed by atoms with Gasteiger partial charge in [-0.1, -0.05) is 47.6 Å². The molecule has 1 N–H and O–H groups in total. The Morgan fingerprint density at radius 3 is 2.50 bits per heavy atom. The molecule has 34 heavy (non-hydrogen) atoms. The Bertz CT molecular complexity index is 1290. The number of halogens is 1. The third-order valence-electron chi connectivity index (χ3n) is 5.06. The van der Waals surface area contributed by atoms with Gasteiger partial charge in [0.25, 0.3) is 0 Å². The number of hydrogen-bond donors (Lipinski definition) is 1. The molecule has 0 aliphatic rings. The van der Waals surface area contributed by atoms with Crippen LogP contribution in [0.15, 0.2) is 78.0 Å². The largest absolute Gasteiger partial charge is 0.497 e. The van der Waals surface area contributed by atoms with Gasteiger partial charge in [0, 0.05) is 16.3 Å². The average Bonchev–Trinajstić information content (AvgIpc) is 3.28. The first-order valence-electron chi connectivity index (χ1n) is 10.5. The predicted octanol–water partition coefficient (Wildman–Crippen LogP) is 5.72. The molecule has 0 aliphatic heterocycles. The zero-order valence-electron chi connectivity index (χ0n) is 18.9. The van der Waals surface area contributed by atoms with Crippen LogP contribution < -0.4 is 14.8 Å². The summed E-state index contributed by atoms with van der Waals surface area (Å²) in [6, 6.07) is 22.3. The molecule has 7 nitrogen and oxygen atoms in total. The van der Waals surface area contributed by atoms with Crippen molar-refractivity contribution < 1.29 is 14.3 Å². The first-order valence-corrected chi connectivity index (χ1v) is 11.7. The van der Waals surface area contributed by atoms with Gasteiger partial charge in [-0.3, -0.25) is 9.36 Å². The molecule has 3 aromatic carbocycles. The third kappa shape index (κ3) is 5.18. The minimum Gasteiger partial charge on any atom is -0.497 e. The smallest absolute Gasteiger partial charge is 0.237 e. The number of methoxy groups -OCH3 is 2. The quantitative estimate of drug-likeness (QED) is 0.315. The Kier molecular flexibility index (Phi) is 7.40. The van der Waals surface area contributed by atoms with Crippen molar-refractivity contribution in [3.05, 3.63) is 77.8 Å². The van der Waals surface area contributed by atoms with E-state index in [4.69, 9.17) is 21.1 Å². The lowest BCUT2D eigenvalue weighted by molar-refractivity contribution is -0.115. The molecule has 4 aromatic rings. The van der Waals surface area contributed by atoms with Crippen LogP contribution in [-0.2, 0) is 4.79 Å². The number of aromatic nitrogens is 3. The van der Waals surface area contributed by atoms with E-state index in [1.807, 2.05) is 60.0 Å². The van der Waals surface area contributed by atoms with Crippen LogP contribution in [0.4, 0.5) is 5.69 Å². The van der Waals surface area contributed by atoms with Crippen LogP contribution in [0.25, 0.3) is 17.1 Å². The van der Waals surface area contributed by atoms with Crippen LogP contribution in [-0.4, -0.2) is 40.1 Å². The zero-order valence-corrected chi connectivity index (χ0v) is 20.4. The zero-order chi connectivity index (χ0) is 24.1. The number of benzene rings is 3. The van der Waals surface area contributed by atoms with E-state index in [-0.39, 0.29) is 5.91 Å². The van der Waals surface area contributed by atoms with E-state index in [1.165, 1.54) is 11.8 Å². The predicted molar refractivity (Wildman–Crippen MR) is 135 cm³/mol. The molecule has 1 heterocycles. The van der Waals surface area contributed by atoms with E-state index < -0.39 is 5.25 Å². The Balaban J connectivity index is 1.66. The van der Waals surface area contributed by atoms with Crippen LogP contribution in [0, 0.1) is 0 Å². The Hall–Kier alpha value is -3.49. The fraction of sp³-hybridized carbons (Fsp3) is 0.160. The Labute approximate surface area is 207 Å². The summed E-state index contributed by atoms with van der Waals surface area (Å²) in [4.78, 5) is 13.0. The van der Waals surface area contributed by atoms with Crippen LogP contribution in [0.3, 0.4) is 0 Å². The molecular weight excluding hydrogens is 472 g/mol. The first kappa shape index (κ1) is 23.7. The fourth-order valence-corrected chi connectivity index (χ4v) is 4.31. The average molecular weight is 495 g/mol. The molecule has 0 bridgehead atoms. The highest BCUT2D eigenvalue weighted by molar-refractivity contribution is 8.00. The number of amides is 1. The summed E-state index contributed by atoms with van der Waals surface area (Å²) in [6.45, 7) is 1.82. The Morgan fingerprint density at radius 2 is 1.76 bits per heavy atom. The van der Waals surface area contributed by atoms with Crippen molar-refractivity contribution in [2.24, 2.45) is 0 Å². The van der Waals surface area contributed by atoms with Crippen molar-refractivity contribution in [3.63, 3.8) is 0 Å². The molecule has 9 heteroatoms. The van der Waals surface area contributed by atoms with E-state index >= 15 is 0 Å². The lowest BCUT2D eigenvalue weighted by atomic mass is 10.2. The number of nitrogens with zero attached hydrogens (tertiary/aromatic N) is 3. The maximum atomic E-state index is 13.0. The molecule has 0 saturated carbocycles. The summed E-state index contributed by atoms with van der Waals surface area (Å²) in [5, 5.41) is 12.5. The lowest BCUT2D eigenvalue weighted by Gasteiger charge is -2.15. The van der Waals surface area contributed by atoms with Crippen molar-refractivity contribution in [1.29, 1.82) is 0 Å². The van der Waals surface area contributed by atoms with E-state index in [2.05, 4.69) is 15.5 Å². The van der Waals surface area contributed by atoms with Gasteiger partial charge >= 0.3 is 0 Å². The molecule has 4 rings (SSSR count). The molecule has 0 fully saturated rings. The molecule has 1 aromatic heterocycles. The topological polar surface area (TPSA) is 78.3 Å². The molecule has 0 radical (unpaired) electrons. The van der Waals surface area contributed by atoms with Gasteiger partial charge in [-0.05, 0) is 55.5 Å². The summed E-state index contributed by atoms with van der Waals surface area (Å²) < 4.78 is 12.6. The first-order chi connectivity index (χ1) is 16.5. The second-order valence-corrected chi connectivity index (χ2v) is 9.04. The molecule has 1 unspecified atom stereocenters. The van der Waals surface area contributed by atoms with Crippen molar-refractivity contribution in [1.82, 2.24) is 14.8 Å². The molecule has 1 atom stereocenters. The van der Waals surface area contributed by atoms with Crippen LogP contribution >= 0.6 is 23.4 Å². The summed E-state index contributed by atoms with van der Waals surface area (Å²) in [6.07, 6.45) is 0. The maximum absolute atomic E-state index is 13.0. The van der Waals surface area contributed by atoms with E-state index in [1.54, 1.807) is 38.5 Å². The van der Waals surface area contributed by atoms with Gasteiger partial charge in [0.05, 0.1) is 25.2 Å². The molecule has 0 saturated heterocycles. The van der Waals surface area contributed by atoms with E-state index in [0.29, 0.717) is 33.2 Å². The number of nitrogens with one attached hydrogen (secondary N) is 1. The number of anilines is 1. The van der Waals surface area contributed by atoms with E-state index in [0.717, 1.165) is 11.3 Å². The number of carbonyl (C=O) groups is 1. The van der Waals surface area contributed by atoms with Crippen molar-refractivity contribution in [2.45, 2.75) is 17.3 Å². The number of para-hydroxylation sites is 2. The second-order valence-electron chi connectivity index (χ2n) is 7.30. The van der Waals surface area contributed by atoms with Crippen molar-refractivity contribution >= 4 is 35.0 Å². The van der Waals surface area contributed by atoms with E-state index in [9.17, 15) is 4.79 Å². The van der Waals surface area contributed by atoms with Crippen LogP contribution in [0.5, 0.6) is 11.5 Å². The number of thioether (sulfide) groups is 1. The van der Waals surface area contributed by atoms with Gasteiger partial charge in [-0.25, -0.2) is 0 Å². The maximum Gasteiger partial charge on any atom is 0.237 e. The molecular formula is C25H23ClN4O3S. The summed E-state index contributed by atoms with van der Waals surface area (Å²) >= 11 is 7.42. The Morgan fingerprint density at radius 1 is 1.00 bits per heavy atom. The number of ether oxygens (including phenoxy) is 2. The highest BCUT2D eigenvalue weighted by Crippen LogP contribution is 2.32. The summed E-state index contributed by atoms with van der Waals surface area (Å²) in [5.74, 6) is 1.75. The molecule has 174 valence electrons. The number of rotatable bonds is 8. The minimum absolute atomic E-state index is 0.178. The van der Waals surface area contributed by atoms with Crippen LogP contribution in [0.1, 0.15) is 6.92 Å². The number of hydrogen-bond acceptors (Lipinski definition) is 6. The van der Waals surface area contributed by atoms with Gasteiger partial charge < -0.3 is 14.8 Å². The van der Waals surface area contributed by atoms with Gasteiger partial charge in [0.15, 0.2) is 11.0 Å². The normalized spacial score (nSPS) is 11.6. The van der Waals surface area contributed by atoms with Crippen molar-refractivity contribution in [3.8, 4) is 28.6 Å². The highest BCUT2D eigenvalue weighted by atomic mass is 35.5. The summed E-state index contributed by atoms with van der Waals surface area (Å²) in [7, 11) is 3.18.